The zero-order valence-corrected chi connectivity index (χ0v) is 18.1. The monoisotopic (exact) mass is 434 g/mol. The molecule has 1 unspecified atom stereocenters. The van der Waals surface area contributed by atoms with Gasteiger partial charge in [0.15, 0.2) is 5.82 Å². The molecule has 2 aromatic heterocycles. The van der Waals surface area contributed by atoms with E-state index < -0.39 is 11.4 Å². The van der Waals surface area contributed by atoms with E-state index in [1.165, 1.54) is 30.1 Å². The molecule has 1 aliphatic heterocycles. The Kier molecular flexibility index (Phi) is 5.63. The van der Waals surface area contributed by atoms with E-state index in [0.717, 1.165) is 6.42 Å². The zero-order valence-electron chi connectivity index (χ0n) is 18.1. The number of likely N-dealkylation sites (tertiary alicyclic amines) is 1. The number of hydrogen-bond acceptors (Lipinski definition) is 5. The first-order valence-electron chi connectivity index (χ1n) is 10.2. The first-order chi connectivity index (χ1) is 15.3. The van der Waals surface area contributed by atoms with E-state index in [1.54, 1.807) is 24.3 Å². The molecule has 1 N–H and O–H groups in total. The van der Waals surface area contributed by atoms with Crippen LogP contribution in [0, 0.1) is 24.1 Å². The molecule has 0 spiro atoms. The molecule has 164 valence electrons. The van der Waals surface area contributed by atoms with Crippen LogP contribution in [-0.4, -0.2) is 63.7 Å². The maximum absolute atomic E-state index is 14.3. The molecule has 1 atom stereocenters. The third-order valence-electron chi connectivity index (χ3n) is 5.97. The Labute approximate surface area is 184 Å². The van der Waals surface area contributed by atoms with Crippen molar-refractivity contribution < 1.29 is 9.18 Å². The molecule has 0 saturated carbocycles. The number of nitrogens with one attached hydrogen (secondary N) is 1. The minimum atomic E-state index is -0.642. The van der Waals surface area contributed by atoms with Gasteiger partial charge in [-0.1, -0.05) is 6.07 Å². The second-order valence-electron chi connectivity index (χ2n) is 8.10. The van der Waals surface area contributed by atoms with Gasteiger partial charge >= 0.3 is 0 Å². The summed E-state index contributed by atoms with van der Waals surface area (Å²) in [5.41, 5.74) is 0.870. The number of halogens is 1. The number of H-pyrrole nitrogens is 1. The normalized spacial score (nSPS) is 15.9. The first kappa shape index (κ1) is 21.5. The van der Waals surface area contributed by atoms with Gasteiger partial charge in [0.05, 0.1) is 16.7 Å². The molecule has 9 heteroatoms. The highest BCUT2D eigenvalue weighted by atomic mass is 19.1. The number of hydrogen-bond donors (Lipinski definition) is 1. The van der Waals surface area contributed by atoms with E-state index in [-0.39, 0.29) is 22.6 Å². The van der Waals surface area contributed by atoms with E-state index in [1.807, 2.05) is 19.0 Å². The van der Waals surface area contributed by atoms with Gasteiger partial charge in [0.2, 0.25) is 0 Å². The van der Waals surface area contributed by atoms with Gasteiger partial charge < -0.3 is 9.80 Å². The Morgan fingerprint density at radius 1 is 1.28 bits per heavy atom. The first-order valence-corrected chi connectivity index (χ1v) is 10.2. The third-order valence-corrected chi connectivity index (χ3v) is 5.97. The van der Waals surface area contributed by atoms with Crippen LogP contribution in [0.1, 0.15) is 27.9 Å². The Hall–Kier alpha value is -3.77. The molecule has 1 aromatic carbocycles. The summed E-state index contributed by atoms with van der Waals surface area (Å²) < 4.78 is 15.6. The summed E-state index contributed by atoms with van der Waals surface area (Å²) in [7, 11) is 4.01. The predicted molar refractivity (Wildman–Crippen MR) is 117 cm³/mol. The molecule has 8 nitrogen and oxygen atoms in total. The van der Waals surface area contributed by atoms with Gasteiger partial charge in [-0.25, -0.2) is 14.1 Å². The van der Waals surface area contributed by atoms with Crippen LogP contribution >= 0.6 is 0 Å². The number of benzene rings is 1. The summed E-state index contributed by atoms with van der Waals surface area (Å²) in [6.07, 6.45) is 3.86. The van der Waals surface area contributed by atoms with E-state index >= 15 is 0 Å². The SMILES string of the molecule is Cc1c(-c2c[nH]n(-c3ccc(C(=O)N4CCC(N(C)C)C4)cn3)c2=O)ccc(C#N)c1F. The van der Waals surface area contributed by atoms with Crippen molar-refractivity contribution in [2.24, 2.45) is 0 Å². The second kappa shape index (κ2) is 8.40. The maximum atomic E-state index is 14.3. The molecule has 0 radical (unpaired) electrons. The van der Waals surface area contributed by atoms with Crippen LogP contribution < -0.4 is 5.56 Å². The third kappa shape index (κ3) is 3.69. The number of amides is 1. The van der Waals surface area contributed by atoms with Gasteiger partial charge in [-0.05, 0) is 56.8 Å². The number of rotatable bonds is 4. The lowest BCUT2D eigenvalue weighted by Gasteiger charge is -2.20. The lowest BCUT2D eigenvalue weighted by Crippen LogP contribution is -2.34. The molecule has 4 rings (SSSR count). The fraction of sp³-hybridized carbons (Fsp3) is 0.304. The van der Waals surface area contributed by atoms with Gasteiger partial charge in [0, 0.05) is 31.5 Å². The smallest absolute Gasteiger partial charge is 0.280 e. The van der Waals surface area contributed by atoms with Crippen LogP contribution in [0.4, 0.5) is 4.39 Å². The minimum Gasteiger partial charge on any atom is -0.337 e. The van der Waals surface area contributed by atoms with Crippen LogP contribution in [0.25, 0.3) is 16.9 Å². The second-order valence-corrected chi connectivity index (χ2v) is 8.10. The van der Waals surface area contributed by atoms with Crippen LogP contribution in [0.2, 0.25) is 0 Å². The summed E-state index contributed by atoms with van der Waals surface area (Å²) >= 11 is 0. The quantitative estimate of drug-likeness (QED) is 0.680. The number of pyridine rings is 1. The molecule has 1 amide bonds. The Morgan fingerprint density at radius 2 is 2.06 bits per heavy atom. The minimum absolute atomic E-state index is 0.0704. The highest BCUT2D eigenvalue weighted by Gasteiger charge is 2.28. The van der Waals surface area contributed by atoms with Crippen molar-refractivity contribution in [3.8, 4) is 23.0 Å². The van der Waals surface area contributed by atoms with Gasteiger partial charge in [-0.2, -0.15) is 5.26 Å². The Bertz CT molecular complexity index is 1270. The largest absolute Gasteiger partial charge is 0.337 e. The molecular weight excluding hydrogens is 411 g/mol. The molecule has 3 aromatic rings. The average Bonchev–Trinajstić information content (AvgIpc) is 3.43. The van der Waals surface area contributed by atoms with Crippen molar-refractivity contribution in [3.63, 3.8) is 0 Å². The molecular formula is C23H23FN6O2. The molecule has 1 saturated heterocycles. The Morgan fingerprint density at radius 3 is 2.69 bits per heavy atom. The maximum Gasteiger partial charge on any atom is 0.280 e. The zero-order chi connectivity index (χ0) is 23.0. The predicted octanol–water partition coefficient (Wildman–Crippen LogP) is 2.32. The van der Waals surface area contributed by atoms with E-state index in [9.17, 15) is 14.0 Å². The summed E-state index contributed by atoms with van der Waals surface area (Å²) in [5.74, 6) is -0.412. The molecule has 0 aliphatic carbocycles. The van der Waals surface area contributed by atoms with Gasteiger partial charge in [-0.3, -0.25) is 14.7 Å². The van der Waals surface area contributed by atoms with Gasteiger partial charge in [-0.15, -0.1) is 0 Å². The lowest BCUT2D eigenvalue weighted by atomic mass is 10.0. The summed E-state index contributed by atoms with van der Waals surface area (Å²) in [6, 6.07) is 8.29. The topological polar surface area (TPSA) is 98.0 Å². The highest BCUT2D eigenvalue weighted by Crippen LogP contribution is 2.25. The highest BCUT2D eigenvalue weighted by molar-refractivity contribution is 5.94. The van der Waals surface area contributed by atoms with Gasteiger partial charge in [0.1, 0.15) is 11.9 Å². The van der Waals surface area contributed by atoms with Crippen molar-refractivity contribution in [1.82, 2.24) is 24.6 Å². The molecule has 32 heavy (non-hydrogen) atoms. The summed E-state index contributed by atoms with van der Waals surface area (Å²) in [5, 5.41) is 11.8. The van der Waals surface area contributed by atoms with Crippen LogP contribution in [0.3, 0.4) is 0 Å². The molecule has 1 aliphatic rings. The van der Waals surface area contributed by atoms with Crippen molar-refractivity contribution in [2.75, 3.05) is 27.2 Å². The molecule has 3 heterocycles. The number of nitrogens with zero attached hydrogens (tertiary/aromatic N) is 5. The summed E-state index contributed by atoms with van der Waals surface area (Å²) in [4.78, 5) is 33.9. The fourth-order valence-corrected chi connectivity index (χ4v) is 3.97. The number of nitriles is 1. The van der Waals surface area contributed by atoms with E-state index in [2.05, 4.69) is 15.0 Å². The van der Waals surface area contributed by atoms with Crippen molar-refractivity contribution >= 4 is 5.91 Å². The number of aromatic nitrogens is 3. The Balaban J connectivity index is 1.58. The number of carbonyl (C=O) groups is 1. The fourth-order valence-electron chi connectivity index (χ4n) is 3.97. The number of aromatic amines is 1. The average molecular weight is 434 g/mol. The van der Waals surface area contributed by atoms with Crippen molar-refractivity contribution in [2.45, 2.75) is 19.4 Å². The molecule has 1 fully saturated rings. The van der Waals surface area contributed by atoms with Crippen molar-refractivity contribution in [3.05, 3.63) is 69.5 Å². The van der Waals surface area contributed by atoms with Crippen molar-refractivity contribution in [1.29, 1.82) is 5.26 Å². The van der Waals surface area contributed by atoms with E-state index in [0.29, 0.717) is 36.1 Å². The standard InChI is InChI=1S/C23H23FN6O2/c1-14-18(6-4-15(10-25)21(14)24)19-12-27-30(23(19)32)20-7-5-16(11-26-20)22(31)29-9-8-17(13-29)28(2)3/h4-7,11-12,17,27H,8-9,13H2,1-3H3. The lowest BCUT2D eigenvalue weighted by molar-refractivity contribution is 0.0782. The van der Waals surface area contributed by atoms with E-state index in [4.69, 9.17) is 5.26 Å². The number of carbonyl (C=O) groups excluding carboxylic acids is 1. The summed E-state index contributed by atoms with van der Waals surface area (Å²) in [6.45, 7) is 2.90. The molecule has 0 bridgehead atoms. The number of likely N-dealkylation sites (N-methyl/N-ethyl adjacent to an activating group) is 1. The van der Waals surface area contributed by atoms with Crippen LogP contribution in [0.15, 0.2) is 41.5 Å². The van der Waals surface area contributed by atoms with Crippen LogP contribution in [-0.2, 0) is 0 Å². The van der Waals surface area contributed by atoms with Gasteiger partial charge in [0.25, 0.3) is 11.5 Å². The van der Waals surface area contributed by atoms with Crippen LogP contribution in [0.5, 0.6) is 0 Å².